The number of halogens is 2. The predicted molar refractivity (Wildman–Crippen MR) is 100 cm³/mol. The van der Waals surface area contributed by atoms with E-state index in [-0.39, 0.29) is 24.5 Å². The van der Waals surface area contributed by atoms with Crippen molar-refractivity contribution in [3.63, 3.8) is 0 Å². The molecule has 1 aliphatic carbocycles. The van der Waals surface area contributed by atoms with Crippen LogP contribution in [-0.2, 0) is 21.6 Å². The fourth-order valence-corrected chi connectivity index (χ4v) is 3.22. The molecule has 29 heavy (non-hydrogen) atoms. The number of aromatic nitrogens is 2. The van der Waals surface area contributed by atoms with Gasteiger partial charge in [0.05, 0.1) is 12.0 Å². The summed E-state index contributed by atoms with van der Waals surface area (Å²) >= 11 is 0. The molecule has 4 N–H and O–H groups in total. The lowest BCUT2D eigenvalue weighted by Gasteiger charge is -2.16. The minimum absolute atomic E-state index is 0.137. The first-order valence-corrected chi connectivity index (χ1v) is 9.00. The van der Waals surface area contributed by atoms with Crippen LogP contribution in [0.15, 0.2) is 35.5 Å². The van der Waals surface area contributed by atoms with E-state index in [0.717, 1.165) is 34.7 Å². The minimum atomic E-state index is -2.89. The van der Waals surface area contributed by atoms with Crippen LogP contribution in [0.4, 0.5) is 8.78 Å². The van der Waals surface area contributed by atoms with Crippen LogP contribution >= 0.6 is 0 Å². The molecule has 0 aliphatic heterocycles. The Hall–Kier alpha value is -3.30. The summed E-state index contributed by atoms with van der Waals surface area (Å²) in [5, 5.41) is 7.40. The molecule has 0 spiro atoms. The van der Waals surface area contributed by atoms with Crippen molar-refractivity contribution in [1.29, 1.82) is 0 Å². The molecule has 1 saturated carbocycles. The van der Waals surface area contributed by atoms with E-state index in [9.17, 15) is 18.4 Å². The van der Waals surface area contributed by atoms with Gasteiger partial charge in [-0.25, -0.2) is 13.6 Å². The molecule has 3 rings (SSSR count). The third-order valence-electron chi connectivity index (χ3n) is 4.93. The van der Waals surface area contributed by atoms with E-state index >= 15 is 0 Å². The van der Waals surface area contributed by atoms with Crippen molar-refractivity contribution < 1.29 is 23.2 Å². The number of amides is 1. The van der Waals surface area contributed by atoms with Crippen LogP contribution in [0.5, 0.6) is 0 Å². The number of benzene rings is 1. The number of carbonyl (C=O) groups is 2. The smallest absolute Gasteiger partial charge is 0.383 e. The standard InChI is InChI=1S/C19H21F2N5O3/c1-11-4-2-3-5-12(11)19(7-8-19)18(23)25-29-17(28)14-10-13(16(20)21)24-26(14)9-6-15(22)27/h2-5,10,16H,6-9H2,1H3,(H2,22,27)(H2,23,25). The minimum Gasteiger partial charge on any atom is -0.384 e. The number of hydrogen-bond donors (Lipinski definition) is 2. The van der Waals surface area contributed by atoms with Crippen LogP contribution in [0.1, 0.15) is 53.0 Å². The van der Waals surface area contributed by atoms with Crippen LogP contribution in [0.25, 0.3) is 0 Å². The molecule has 1 aromatic carbocycles. The zero-order valence-electron chi connectivity index (χ0n) is 15.8. The Morgan fingerprint density at radius 3 is 2.59 bits per heavy atom. The van der Waals surface area contributed by atoms with Crippen LogP contribution in [-0.4, -0.2) is 27.5 Å². The number of alkyl halides is 2. The van der Waals surface area contributed by atoms with E-state index in [1.807, 2.05) is 31.2 Å². The van der Waals surface area contributed by atoms with Gasteiger partial charge in [0.15, 0.2) is 5.84 Å². The molecule has 1 heterocycles. The second kappa shape index (κ2) is 7.98. The van der Waals surface area contributed by atoms with Crippen LogP contribution in [0, 0.1) is 6.92 Å². The Bertz CT molecular complexity index is 967. The zero-order chi connectivity index (χ0) is 21.2. The molecular weight excluding hydrogens is 384 g/mol. The van der Waals surface area contributed by atoms with Gasteiger partial charge in [-0.2, -0.15) is 5.10 Å². The van der Waals surface area contributed by atoms with E-state index < -0.39 is 29.4 Å². The highest BCUT2D eigenvalue weighted by molar-refractivity contribution is 5.95. The molecule has 0 radical (unpaired) electrons. The second-order valence-electron chi connectivity index (χ2n) is 6.95. The maximum absolute atomic E-state index is 13.0. The molecule has 1 fully saturated rings. The van der Waals surface area contributed by atoms with Gasteiger partial charge in [0.2, 0.25) is 5.91 Å². The number of amidine groups is 1. The Kier molecular flexibility index (Phi) is 5.62. The molecule has 1 amide bonds. The van der Waals surface area contributed by atoms with Crippen molar-refractivity contribution in [2.24, 2.45) is 16.6 Å². The Balaban J connectivity index is 1.79. The van der Waals surface area contributed by atoms with Gasteiger partial charge in [-0.15, -0.1) is 0 Å². The van der Waals surface area contributed by atoms with Gasteiger partial charge in [-0.1, -0.05) is 29.4 Å². The molecule has 2 aromatic rings. The summed E-state index contributed by atoms with van der Waals surface area (Å²) in [6.07, 6.45) is -1.54. The van der Waals surface area contributed by atoms with Crippen molar-refractivity contribution in [3.8, 4) is 0 Å². The first-order valence-electron chi connectivity index (χ1n) is 9.00. The summed E-state index contributed by atoms with van der Waals surface area (Å²) in [4.78, 5) is 28.3. The van der Waals surface area contributed by atoms with Gasteiger partial charge in [0.1, 0.15) is 11.4 Å². The first-order chi connectivity index (χ1) is 13.7. The molecule has 0 bridgehead atoms. The third-order valence-corrected chi connectivity index (χ3v) is 4.93. The topological polar surface area (TPSA) is 126 Å². The van der Waals surface area contributed by atoms with E-state index in [2.05, 4.69) is 10.3 Å². The Morgan fingerprint density at radius 2 is 2.00 bits per heavy atom. The van der Waals surface area contributed by atoms with Crippen molar-refractivity contribution in [2.75, 3.05) is 0 Å². The van der Waals surface area contributed by atoms with E-state index in [0.29, 0.717) is 0 Å². The monoisotopic (exact) mass is 405 g/mol. The largest absolute Gasteiger partial charge is 0.384 e. The number of aryl methyl sites for hydroxylation is 2. The highest BCUT2D eigenvalue weighted by atomic mass is 19.3. The van der Waals surface area contributed by atoms with Crippen LogP contribution < -0.4 is 11.5 Å². The van der Waals surface area contributed by atoms with Gasteiger partial charge in [-0.3, -0.25) is 9.48 Å². The summed E-state index contributed by atoms with van der Waals surface area (Å²) in [5.74, 6) is -1.52. The number of hydrogen-bond acceptors (Lipinski definition) is 5. The van der Waals surface area contributed by atoms with Crippen molar-refractivity contribution in [3.05, 3.63) is 52.8 Å². The second-order valence-corrected chi connectivity index (χ2v) is 6.95. The van der Waals surface area contributed by atoms with Gasteiger partial charge in [-0.05, 0) is 30.9 Å². The summed E-state index contributed by atoms with van der Waals surface area (Å²) in [6, 6.07) is 8.60. The number of primary amides is 1. The summed E-state index contributed by atoms with van der Waals surface area (Å²) in [5.41, 5.74) is 11.8. The van der Waals surface area contributed by atoms with E-state index in [4.69, 9.17) is 16.3 Å². The third kappa shape index (κ3) is 4.25. The summed E-state index contributed by atoms with van der Waals surface area (Å²) in [6.45, 7) is 1.82. The fourth-order valence-electron chi connectivity index (χ4n) is 3.22. The number of nitrogens with two attached hydrogens (primary N) is 2. The van der Waals surface area contributed by atoms with Gasteiger partial charge < -0.3 is 16.3 Å². The lowest BCUT2D eigenvalue weighted by molar-refractivity contribution is -0.118. The average Bonchev–Trinajstić information content (AvgIpc) is 3.36. The van der Waals surface area contributed by atoms with Crippen molar-refractivity contribution in [2.45, 2.75) is 44.6 Å². The molecule has 8 nitrogen and oxygen atoms in total. The van der Waals surface area contributed by atoms with Gasteiger partial charge >= 0.3 is 5.97 Å². The average molecular weight is 405 g/mol. The molecule has 0 atom stereocenters. The SMILES string of the molecule is Cc1ccccc1C1(/C(N)=N/OC(=O)c2cc(C(F)F)nn2CCC(N)=O)CC1. The fraction of sp³-hybridized carbons (Fsp3) is 0.368. The first kappa shape index (κ1) is 20.4. The number of oxime groups is 1. The maximum atomic E-state index is 13.0. The maximum Gasteiger partial charge on any atom is 0.383 e. The van der Waals surface area contributed by atoms with Crippen LogP contribution in [0.2, 0.25) is 0 Å². The summed E-state index contributed by atoms with van der Waals surface area (Å²) < 4.78 is 26.9. The molecule has 0 unspecified atom stereocenters. The molecular formula is C19H21F2N5O3. The van der Waals surface area contributed by atoms with E-state index in [1.165, 1.54) is 0 Å². The summed E-state index contributed by atoms with van der Waals surface area (Å²) in [7, 11) is 0. The molecule has 1 aliphatic rings. The number of rotatable bonds is 8. The molecule has 154 valence electrons. The van der Waals surface area contributed by atoms with Crippen molar-refractivity contribution in [1.82, 2.24) is 9.78 Å². The lowest BCUT2D eigenvalue weighted by atomic mass is 9.91. The molecule has 10 heteroatoms. The molecule has 1 aromatic heterocycles. The predicted octanol–water partition coefficient (Wildman–Crippen LogP) is 2.17. The van der Waals surface area contributed by atoms with Crippen molar-refractivity contribution >= 4 is 17.7 Å². The highest BCUT2D eigenvalue weighted by Crippen LogP contribution is 2.49. The normalized spacial score (nSPS) is 15.4. The Morgan fingerprint density at radius 1 is 1.31 bits per heavy atom. The van der Waals surface area contributed by atoms with Gasteiger partial charge in [0, 0.05) is 12.5 Å². The number of carbonyl (C=O) groups excluding carboxylic acids is 2. The number of nitrogens with zero attached hydrogens (tertiary/aromatic N) is 3. The quantitative estimate of drug-likeness (QED) is 0.301. The molecule has 0 saturated heterocycles. The van der Waals surface area contributed by atoms with E-state index in [1.54, 1.807) is 0 Å². The zero-order valence-corrected chi connectivity index (χ0v) is 15.8. The highest BCUT2D eigenvalue weighted by Gasteiger charge is 2.49. The van der Waals surface area contributed by atoms with Gasteiger partial charge in [0.25, 0.3) is 6.43 Å². The van der Waals surface area contributed by atoms with Crippen LogP contribution in [0.3, 0.4) is 0 Å². The lowest BCUT2D eigenvalue weighted by Crippen LogP contribution is -2.30. The Labute approximate surface area is 165 Å².